The number of rotatable bonds is 4. The molecule has 34 heavy (non-hydrogen) atoms. The van der Waals surface area contributed by atoms with E-state index in [1.807, 2.05) is 23.1 Å². The fourth-order valence-electron chi connectivity index (χ4n) is 4.35. The van der Waals surface area contributed by atoms with Gasteiger partial charge in [-0.15, -0.1) is 0 Å². The van der Waals surface area contributed by atoms with E-state index in [0.29, 0.717) is 39.2 Å². The van der Waals surface area contributed by atoms with Crippen LogP contribution in [-0.2, 0) is 0 Å². The fourth-order valence-corrected chi connectivity index (χ4v) is 4.35. The number of aryl methyl sites for hydroxylation is 1. The molecule has 0 saturated carbocycles. The number of nitrogens with zero attached hydrogens (tertiary/aromatic N) is 3. The Morgan fingerprint density at radius 2 is 1.62 bits per heavy atom. The summed E-state index contributed by atoms with van der Waals surface area (Å²) in [6.45, 7) is 3.33. The summed E-state index contributed by atoms with van der Waals surface area (Å²) in [4.78, 5) is 44.8. The topological polar surface area (TPSA) is 84.3 Å². The van der Waals surface area contributed by atoms with Crippen molar-refractivity contribution in [3.63, 3.8) is 0 Å². The van der Waals surface area contributed by atoms with E-state index in [0.717, 1.165) is 25.9 Å². The van der Waals surface area contributed by atoms with E-state index in [-0.39, 0.29) is 17.4 Å². The van der Waals surface area contributed by atoms with Gasteiger partial charge in [0.15, 0.2) is 0 Å². The number of amides is 2. The predicted molar refractivity (Wildman–Crippen MR) is 132 cm³/mol. The van der Waals surface area contributed by atoms with Gasteiger partial charge in [0.25, 0.3) is 17.4 Å². The summed E-state index contributed by atoms with van der Waals surface area (Å²) in [5.74, 6) is 0.265. The van der Waals surface area contributed by atoms with Crippen LogP contribution >= 0.6 is 0 Å². The van der Waals surface area contributed by atoms with E-state index in [2.05, 4.69) is 10.3 Å². The normalized spacial score (nSPS) is 13.3. The second-order valence-electron chi connectivity index (χ2n) is 8.40. The number of carbonyl (C=O) groups excluding carboxylic acids is 2. The van der Waals surface area contributed by atoms with Crippen LogP contribution in [0.5, 0.6) is 0 Å². The van der Waals surface area contributed by atoms with E-state index in [1.165, 1.54) is 4.57 Å². The van der Waals surface area contributed by atoms with E-state index < -0.39 is 0 Å². The molecule has 170 valence electrons. The number of anilines is 1. The summed E-state index contributed by atoms with van der Waals surface area (Å²) in [6.07, 6.45) is 2.05. The maximum atomic E-state index is 13.0. The van der Waals surface area contributed by atoms with Gasteiger partial charge in [-0.3, -0.25) is 19.0 Å². The lowest BCUT2D eigenvalue weighted by molar-refractivity contribution is 0.0792. The van der Waals surface area contributed by atoms with Gasteiger partial charge in [0.05, 0.1) is 16.6 Å². The zero-order valence-corrected chi connectivity index (χ0v) is 18.8. The lowest BCUT2D eigenvalue weighted by Gasteiger charge is -2.16. The van der Waals surface area contributed by atoms with Gasteiger partial charge in [0.2, 0.25) is 0 Å². The first kappa shape index (κ1) is 21.6. The Hall–Kier alpha value is -4.26. The molecule has 4 aromatic rings. The van der Waals surface area contributed by atoms with Crippen LogP contribution in [0.4, 0.5) is 5.69 Å². The van der Waals surface area contributed by atoms with Crippen LogP contribution < -0.4 is 10.9 Å². The number of likely N-dealkylation sites (tertiary alicyclic amines) is 1. The monoisotopic (exact) mass is 452 g/mol. The number of fused-ring (bicyclic) bond motifs is 1. The third kappa shape index (κ3) is 4.08. The summed E-state index contributed by atoms with van der Waals surface area (Å²) >= 11 is 0. The van der Waals surface area contributed by atoms with E-state index in [4.69, 9.17) is 0 Å². The molecule has 1 aliphatic rings. The van der Waals surface area contributed by atoms with Crippen molar-refractivity contribution in [2.75, 3.05) is 18.4 Å². The van der Waals surface area contributed by atoms with Gasteiger partial charge in [-0.1, -0.05) is 18.2 Å². The van der Waals surface area contributed by atoms with Crippen LogP contribution in [0.3, 0.4) is 0 Å². The Morgan fingerprint density at radius 1 is 0.882 bits per heavy atom. The number of para-hydroxylation sites is 1. The highest BCUT2D eigenvalue weighted by Crippen LogP contribution is 2.18. The molecule has 0 atom stereocenters. The average molecular weight is 453 g/mol. The molecule has 1 N–H and O–H groups in total. The molecule has 1 aromatic heterocycles. The van der Waals surface area contributed by atoms with Crippen molar-refractivity contribution >= 4 is 28.4 Å². The minimum absolute atomic E-state index is 0.0113. The predicted octanol–water partition coefficient (Wildman–Crippen LogP) is 4.18. The van der Waals surface area contributed by atoms with Crippen LogP contribution in [0.15, 0.2) is 77.6 Å². The molecular weight excluding hydrogens is 428 g/mol. The van der Waals surface area contributed by atoms with Crippen molar-refractivity contribution in [1.29, 1.82) is 0 Å². The molecule has 1 aliphatic heterocycles. The Bertz CT molecular complexity index is 1450. The van der Waals surface area contributed by atoms with Crippen LogP contribution in [-0.4, -0.2) is 39.4 Å². The zero-order valence-electron chi connectivity index (χ0n) is 18.8. The van der Waals surface area contributed by atoms with E-state index in [9.17, 15) is 14.4 Å². The molecule has 2 amide bonds. The Morgan fingerprint density at radius 3 is 2.38 bits per heavy atom. The van der Waals surface area contributed by atoms with Gasteiger partial charge in [-0.25, -0.2) is 4.98 Å². The van der Waals surface area contributed by atoms with Crippen molar-refractivity contribution < 1.29 is 9.59 Å². The summed E-state index contributed by atoms with van der Waals surface area (Å²) in [5, 5.41) is 3.40. The molecule has 0 aliphatic carbocycles. The molecule has 1 fully saturated rings. The maximum Gasteiger partial charge on any atom is 0.265 e. The van der Waals surface area contributed by atoms with Crippen LogP contribution in [0, 0.1) is 6.92 Å². The van der Waals surface area contributed by atoms with Crippen molar-refractivity contribution in [3.05, 3.63) is 100 Å². The second kappa shape index (κ2) is 8.94. The highest BCUT2D eigenvalue weighted by molar-refractivity contribution is 6.05. The number of nitrogens with one attached hydrogen (secondary N) is 1. The summed E-state index contributed by atoms with van der Waals surface area (Å²) in [6, 6.07) is 21.0. The smallest absolute Gasteiger partial charge is 0.265 e. The third-order valence-corrected chi connectivity index (χ3v) is 6.09. The van der Waals surface area contributed by atoms with Gasteiger partial charge in [0.1, 0.15) is 5.82 Å². The van der Waals surface area contributed by atoms with Gasteiger partial charge >= 0.3 is 0 Å². The first-order valence-electron chi connectivity index (χ1n) is 11.3. The first-order valence-corrected chi connectivity index (χ1v) is 11.3. The molecule has 0 bridgehead atoms. The minimum atomic E-state index is -0.293. The van der Waals surface area contributed by atoms with Crippen molar-refractivity contribution in [1.82, 2.24) is 14.5 Å². The Kier molecular flexibility index (Phi) is 5.67. The average Bonchev–Trinajstić information content (AvgIpc) is 3.39. The summed E-state index contributed by atoms with van der Waals surface area (Å²) in [5.41, 5.74) is 2.70. The maximum absolute atomic E-state index is 13.0. The molecular formula is C27H24N4O3. The number of carbonyl (C=O) groups is 2. The van der Waals surface area contributed by atoms with Crippen LogP contribution in [0.1, 0.15) is 39.4 Å². The van der Waals surface area contributed by atoms with Crippen molar-refractivity contribution in [2.24, 2.45) is 0 Å². The third-order valence-electron chi connectivity index (χ3n) is 6.09. The zero-order chi connectivity index (χ0) is 23.7. The molecule has 5 rings (SSSR count). The highest BCUT2D eigenvalue weighted by atomic mass is 16.2. The molecule has 1 saturated heterocycles. The molecule has 2 heterocycles. The lowest BCUT2D eigenvalue weighted by atomic mass is 10.1. The molecule has 0 unspecified atom stereocenters. The summed E-state index contributed by atoms with van der Waals surface area (Å²) in [7, 11) is 0. The molecule has 7 heteroatoms. The Labute approximate surface area is 196 Å². The number of hydrogen-bond acceptors (Lipinski definition) is 4. The second-order valence-corrected chi connectivity index (χ2v) is 8.40. The number of aromatic nitrogens is 2. The molecule has 3 aromatic carbocycles. The van der Waals surface area contributed by atoms with Gasteiger partial charge < -0.3 is 10.2 Å². The van der Waals surface area contributed by atoms with Crippen molar-refractivity contribution in [2.45, 2.75) is 19.8 Å². The van der Waals surface area contributed by atoms with Crippen molar-refractivity contribution in [3.8, 4) is 5.69 Å². The number of hydrogen-bond donors (Lipinski definition) is 1. The SMILES string of the molecule is Cc1nc2ccccc2c(=O)n1-c1ccc(C(=O)Nc2cccc(C(=O)N3CCCC3)c2)cc1. The molecule has 0 spiro atoms. The molecule has 7 nitrogen and oxygen atoms in total. The van der Waals surface area contributed by atoms with Gasteiger partial charge in [-0.05, 0) is 74.4 Å². The van der Waals surface area contributed by atoms with E-state index in [1.54, 1.807) is 61.5 Å². The van der Waals surface area contributed by atoms with Crippen LogP contribution in [0.25, 0.3) is 16.6 Å². The van der Waals surface area contributed by atoms with Gasteiger partial charge in [0, 0.05) is 29.9 Å². The lowest BCUT2D eigenvalue weighted by Crippen LogP contribution is -2.27. The molecule has 0 radical (unpaired) electrons. The number of benzene rings is 3. The first-order chi connectivity index (χ1) is 16.5. The Balaban J connectivity index is 1.36. The standard InChI is InChI=1S/C27H24N4O3/c1-18-28-24-10-3-2-9-23(24)27(34)31(18)22-13-11-19(12-14-22)25(32)29-21-8-6-7-20(17-21)26(33)30-15-4-5-16-30/h2-3,6-14,17H,4-5,15-16H2,1H3,(H,29,32). The fraction of sp³-hybridized carbons (Fsp3) is 0.185. The largest absolute Gasteiger partial charge is 0.339 e. The summed E-state index contributed by atoms with van der Waals surface area (Å²) < 4.78 is 1.54. The minimum Gasteiger partial charge on any atom is -0.339 e. The van der Waals surface area contributed by atoms with Crippen LogP contribution in [0.2, 0.25) is 0 Å². The van der Waals surface area contributed by atoms with Gasteiger partial charge in [-0.2, -0.15) is 0 Å². The highest BCUT2D eigenvalue weighted by Gasteiger charge is 2.20. The quantitative estimate of drug-likeness (QED) is 0.503. The van der Waals surface area contributed by atoms with E-state index >= 15 is 0 Å².